The quantitative estimate of drug-likeness (QED) is 0.775. The van der Waals surface area contributed by atoms with Crippen molar-refractivity contribution in [3.8, 4) is 0 Å². The summed E-state index contributed by atoms with van der Waals surface area (Å²) < 4.78 is 24.7. The number of hydrogen-bond acceptors (Lipinski definition) is 3. The van der Waals surface area contributed by atoms with Gasteiger partial charge in [-0.2, -0.15) is 0 Å². The third-order valence-electron chi connectivity index (χ3n) is 5.04. The largest absolute Gasteiger partial charge is 0.312 e. The summed E-state index contributed by atoms with van der Waals surface area (Å²) in [5.41, 5.74) is 3.17. The maximum Gasteiger partial charge on any atom is 0.181 e. The van der Waals surface area contributed by atoms with Gasteiger partial charge in [-0.25, -0.2) is 8.42 Å². The van der Waals surface area contributed by atoms with Gasteiger partial charge in [0.2, 0.25) is 0 Å². The van der Waals surface area contributed by atoms with Crippen LogP contribution >= 0.6 is 12.2 Å². The normalized spacial score (nSPS) is 24.6. The van der Waals surface area contributed by atoms with Crippen molar-refractivity contribution in [3.05, 3.63) is 60.2 Å². The molecule has 2 aromatic rings. The van der Waals surface area contributed by atoms with Gasteiger partial charge in [-0.05, 0) is 42.4 Å². The van der Waals surface area contributed by atoms with E-state index in [1.165, 1.54) is 5.56 Å². The average molecular weight is 373 g/mol. The highest BCUT2D eigenvalue weighted by Gasteiger charge is 2.52. The molecule has 0 N–H and O–H groups in total. The third kappa shape index (κ3) is 2.73. The second-order valence-corrected chi connectivity index (χ2v) is 9.07. The Morgan fingerprint density at radius 3 is 2.24 bits per heavy atom. The molecule has 0 unspecified atom stereocenters. The summed E-state index contributed by atoms with van der Waals surface area (Å²) in [5.74, 6) is 0.302. The zero-order valence-electron chi connectivity index (χ0n) is 14.0. The molecule has 2 aromatic carbocycles. The molecule has 2 saturated heterocycles. The molecule has 0 bridgehead atoms. The van der Waals surface area contributed by atoms with Crippen LogP contribution in [0.1, 0.15) is 12.5 Å². The molecule has 2 aliphatic rings. The minimum atomic E-state index is -3.07. The van der Waals surface area contributed by atoms with Crippen molar-refractivity contribution in [2.45, 2.75) is 25.4 Å². The summed E-state index contributed by atoms with van der Waals surface area (Å²) >= 11 is 5.82. The molecule has 2 fully saturated rings. The number of nitrogens with zero attached hydrogens (tertiary/aromatic N) is 2. The van der Waals surface area contributed by atoms with Crippen molar-refractivity contribution in [1.29, 1.82) is 0 Å². The van der Waals surface area contributed by atoms with Crippen LogP contribution in [0.2, 0.25) is 0 Å². The molecule has 2 aliphatic heterocycles. The smallest absolute Gasteiger partial charge is 0.181 e. The number of hydrogen-bond donors (Lipinski definition) is 0. The van der Waals surface area contributed by atoms with Gasteiger partial charge in [0.05, 0.1) is 23.6 Å². The predicted molar refractivity (Wildman–Crippen MR) is 106 cm³/mol. The first-order chi connectivity index (χ1) is 12.0. The monoisotopic (exact) mass is 372 g/mol. The minimum Gasteiger partial charge on any atom is -0.312 e. The van der Waals surface area contributed by atoms with E-state index in [1.807, 2.05) is 53.4 Å². The molecule has 4 rings (SSSR count). The molecule has 25 heavy (non-hydrogen) atoms. The summed E-state index contributed by atoms with van der Waals surface area (Å²) in [4.78, 5) is 4.09. The molecule has 0 saturated carbocycles. The topological polar surface area (TPSA) is 40.6 Å². The number of sulfone groups is 1. The van der Waals surface area contributed by atoms with Crippen molar-refractivity contribution in [2.75, 3.05) is 21.3 Å². The van der Waals surface area contributed by atoms with Crippen molar-refractivity contribution in [3.63, 3.8) is 0 Å². The Bertz CT molecular complexity index is 912. The zero-order valence-corrected chi connectivity index (χ0v) is 15.6. The molecular formula is C19H20N2O2S2. The lowest BCUT2D eigenvalue weighted by Gasteiger charge is -2.27. The van der Waals surface area contributed by atoms with Gasteiger partial charge >= 0.3 is 0 Å². The molecule has 0 amide bonds. The van der Waals surface area contributed by atoms with Crippen LogP contribution in [0.15, 0.2) is 54.6 Å². The highest BCUT2D eigenvalue weighted by atomic mass is 32.2. The van der Waals surface area contributed by atoms with Gasteiger partial charge in [0, 0.05) is 11.4 Å². The number of fused-ring (bicyclic) bond motifs is 1. The van der Waals surface area contributed by atoms with E-state index in [4.69, 9.17) is 12.2 Å². The Balaban J connectivity index is 1.84. The fraction of sp³-hybridized carbons (Fsp3) is 0.316. The average Bonchev–Trinajstić information content (AvgIpc) is 3.04. The van der Waals surface area contributed by atoms with E-state index in [2.05, 4.69) is 17.9 Å². The molecule has 6 heteroatoms. The molecule has 0 aromatic heterocycles. The van der Waals surface area contributed by atoms with Crippen LogP contribution in [0.4, 0.5) is 11.4 Å². The fourth-order valence-electron chi connectivity index (χ4n) is 3.92. The van der Waals surface area contributed by atoms with Crippen molar-refractivity contribution in [2.24, 2.45) is 0 Å². The standard InChI is InChI=1S/C19H20N2O2S2/c1-2-14-8-6-7-11-16(14)21-18-13-25(22,23)12-17(18)20(19(21)24)15-9-4-3-5-10-15/h3-11,17-18H,2,12-13H2,1H3/t17-,18-/m1/s1. The van der Waals surface area contributed by atoms with E-state index in [0.29, 0.717) is 5.11 Å². The van der Waals surface area contributed by atoms with E-state index in [1.54, 1.807) is 0 Å². The van der Waals surface area contributed by atoms with Gasteiger partial charge in [-0.3, -0.25) is 0 Å². The summed E-state index contributed by atoms with van der Waals surface area (Å²) in [6.45, 7) is 2.11. The SMILES string of the molecule is CCc1ccccc1N1C(=S)N(c2ccccc2)[C@@H]2CS(=O)(=O)C[C@H]21. The lowest BCUT2D eigenvalue weighted by molar-refractivity contribution is 0.601. The first-order valence-electron chi connectivity index (χ1n) is 8.47. The highest BCUT2D eigenvalue weighted by molar-refractivity contribution is 7.91. The molecule has 2 heterocycles. The fourth-order valence-corrected chi connectivity index (χ4v) is 6.31. The van der Waals surface area contributed by atoms with Crippen LogP contribution in [0.3, 0.4) is 0 Å². The van der Waals surface area contributed by atoms with Crippen molar-refractivity contribution >= 4 is 38.5 Å². The molecule has 130 valence electrons. The van der Waals surface area contributed by atoms with Gasteiger partial charge in [-0.15, -0.1) is 0 Å². The molecule has 0 spiro atoms. The van der Waals surface area contributed by atoms with E-state index in [0.717, 1.165) is 17.8 Å². The van der Waals surface area contributed by atoms with Gasteiger partial charge in [0.25, 0.3) is 0 Å². The van der Waals surface area contributed by atoms with Crippen LogP contribution in [-0.4, -0.2) is 37.1 Å². The summed E-state index contributed by atoms with van der Waals surface area (Å²) in [6.07, 6.45) is 0.880. The second kappa shape index (κ2) is 6.11. The summed E-state index contributed by atoms with van der Waals surface area (Å²) in [7, 11) is -3.07. The van der Waals surface area contributed by atoms with E-state index in [9.17, 15) is 8.42 Å². The Kier molecular flexibility index (Phi) is 4.04. The van der Waals surface area contributed by atoms with Crippen LogP contribution < -0.4 is 9.80 Å². The Morgan fingerprint density at radius 1 is 0.960 bits per heavy atom. The number of thiocarbonyl (C=S) groups is 1. The van der Waals surface area contributed by atoms with Gasteiger partial charge in [-0.1, -0.05) is 43.3 Å². The zero-order chi connectivity index (χ0) is 17.6. The van der Waals surface area contributed by atoms with Crippen molar-refractivity contribution < 1.29 is 8.42 Å². The number of aryl methyl sites for hydroxylation is 1. The predicted octanol–water partition coefficient (Wildman–Crippen LogP) is 3.03. The minimum absolute atomic E-state index is 0.134. The van der Waals surface area contributed by atoms with E-state index >= 15 is 0 Å². The maximum atomic E-state index is 12.4. The van der Waals surface area contributed by atoms with Crippen molar-refractivity contribution in [1.82, 2.24) is 0 Å². The highest BCUT2D eigenvalue weighted by Crippen LogP contribution is 2.39. The Hall–Kier alpha value is -1.92. The molecule has 0 radical (unpaired) electrons. The molecular weight excluding hydrogens is 352 g/mol. The number of para-hydroxylation sites is 2. The maximum absolute atomic E-state index is 12.4. The molecule has 2 atom stereocenters. The number of benzene rings is 2. The lowest BCUT2D eigenvalue weighted by atomic mass is 10.1. The van der Waals surface area contributed by atoms with Crippen LogP contribution in [0, 0.1) is 0 Å². The Labute approximate surface area is 154 Å². The molecule has 4 nitrogen and oxygen atoms in total. The Morgan fingerprint density at radius 2 is 1.56 bits per heavy atom. The van der Waals surface area contributed by atoms with Crippen LogP contribution in [0.5, 0.6) is 0 Å². The summed E-state index contributed by atoms with van der Waals surface area (Å²) in [6, 6.07) is 17.7. The van der Waals surface area contributed by atoms with E-state index in [-0.39, 0.29) is 23.6 Å². The van der Waals surface area contributed by atoms with Crippen LogP contribution in [-0.2, 0) is 16.3 Å². The molecule has 0 aliphatic carbocycles. The van der Waals surface area contributed by atoms with Gasteiger partial charge < -0.3 is 9.80 Å². The third-order valence-corrected chi connectivity index (χ3v) is 7.13. The van der Waals surface area contributed by atoms with Gasteiger partial charge in [0.15, 0.2) is 14.9 Å². The first kappa shape index (κ1) is 16.5. The summed E-state index contributed by atoms with van der Waals surface area (Å²) in [5, 5.41) is 0.692. The number of rotatable bonds is 3. The van der Waals surface area contributed by atoms with Crippen LogP contribution in [0.25, 0.3) is 0 Å². The second-order valence-electron chi connectivity index (χ2n) is 6.55. The number of anilines is 2. The van der Waals surface area contributed by atoms with E-state index < -0.39 is 9.84 Å². The first-order valence-corrected chi connectivity index (χ1v) is 10.7. The lowest BCUT2D eigenvalue weighted by Crippen LogP contribution is -2.38. The van der Waals surface area contributed by atoms with Gasteiger partial charge in [0.1, 0.15) is 0 Å².